The lowest BCUT2D eigenvalue weighted by Gasteiger charge is -2.23. The van der Waals surface area contributed by atoms with Gasteiger partial charge < -0.3 is 10.2 Å². The molecule has 0 aliphatic carbocycles. The molecule has 4 nitrogen and oxygen atoms in total. The van der Waals surface area contributed by atoms with E-state index >= 15 is 0 Å². The Morgan fingerprint density at radius 2 is 1.59 bits per heavy atom. The highest BCUT2D eigenvalue weighted by molar-refractivity contribution is 6.35. The van der Waals surface area contributed by atoms with E-state index in [-0.39, 0.29) is 6.04 Å². The number of carbonyl (C=O) groups is 2. The molecule has 4 heteroatoms. The van der Waals surface area contributed by atoms with Gasteiger partial charge in [0.25, 0.3) is 0 Å². The van der Waals surface area contributed by atoms with Gasteiger partial charge in [0.05, 0.1) is 6.04 Å². The Bertz CT molecular complexity index is 451. The fourth-order valence-electron chi connectivity index (χ4n) is 2.24. The minimum absolute atomic E-state index is 0.170. The third-order valence-corrected chi connectivity index (χ3v) is 3.69. The molecule has 1 N–H and O–H groups in total. The Kier molecular flexibility index (Phi) is 8.26. The van der Waals surface area contributed by atoms with E-state index in [1.54, 1.807) is 4.90 Å². The van der Waals surface area contributed by atoms with E-state index in [0.29, 0.717) is 13.1 Å². The van der Waals surface area contributed by atoms with Gasteiger partial charge in [0, 0.05) is 13.1 Å². The summed E-state index contributed by atoms with van der Waals surface area (Å²) in [5.74, 6) is -0.923. The molecular formula is C18H28N2O2. The van der Waals surface area contributed by atoms with Gasteiger partial charge in [-0.15, -0.1) is 0 Å². The maximum Gasteiger partial charge on any atom is 0.311 e. The fourth-order valence-corrected chi connectivity index (χ4v) is 2.24. The summed E-state index contributed by atoms with van der Waals surface area (Å²) in [6, 6.07) is 9.50. The van der Waals surface area contributed by atoms with Crippen molar-refractivity contribution < 1.29 is 9.59 Å². The summed E-state index contributed by atoms with van der Waals surface area (Å²) >= 11 is 0. The minimum Gasteiger partial charge on any atom is -0.341 e. The third-order valence-electron chi connectivity index (χ3n) is 3.69. The second-order valence-corrected chi connectivity index (χ2v) is 5.61. The van der Waals surface area contributed by atoms with Crippen molar-refractivity contribution in [3.63, 3.8) is 0 Å². The molecule has 0 spiro atoms. The zero-order valence-electron chi connectivity index (χ0n) is 14.0. The predicted molar refractivity (Wildman–Crippen MR) is 89.4 cm³/mol. The van der Waals surface area contributed by atoms with E-state index in [2.05, 4.69) is 19.2 Å². The standard InChI is InChI=1S/C18H28N2O2/c1-4-6-13-20(14-7-5-2)18(22)17(21)19-15(3)16-11-9-8-10-12-16/h8-12,15H,4-7,13-14H2,1-3H3,(H,19,21). The van der Waals surface area contributed by atoms with Gasteiger partial charge in [-0.2, -0.15) is 0 Å². The van der Waals surface area contributed by atoms with Gasteiger partial charge in [-0.05, 0) is 25.3 Å². The number of hydrogen-bond donors (Lipinski definition) is 1. The summed E-state index contributed by atoms with van der Waals surface area (Å²) in [7, 11) is 0. The summed E-state index contributed by atoms with van der Waals surface area (Å²) in [5.41, 5.74) is 0.998. The molecule has 1 atom stereocenters. The number of unbranched alkanes of at least 4 members (excludes halogenated alkanes) is 2. The topological polar surface area (TPSA) is 49.4 Å². The first kappa shape index (κ1) is 18.2. The normalized spacial score (nSPS) is 11.8. The molecule has 0 fully saturated rings. The Morgan fingerprint density at radius 3 is 2.09 bits per heavy atom. The van der Waals surface area contributed by atoms with Gasteiger partial charge in [-0.25, -0.2) is 0 Å². The second kappa shape index (κ2) is 9.98. The van der Waals surface area contributed by atoms with Crippen molar-refractivity contribution in [1.29, 1.82) is 0 Å². The van der Waals surface area contributed by atoms with Crippen molar-refractivity contribution in [3.05, 3.63) is 35.9 Å². The van der Waals surface area contributed by atoms with Gasteiger partial charge in [-0.3, -0.25) is 9.59 Å². The van der Waals surface area contributed by atoms with E-state index < -0.39 is 11.8 Å². The summed E-state index contributed by atoms with van der Waals surface area (Å²) in [5, 5.41) is 2.80. The molecule has 122 valence electrons. The van der Waals surface area contributed by atoms with Crippen LogP contribution in [0.2, 0.25) is 0 Å². The predicted octanol–water partition coefficient (Wildman–Crippen LogP) is 3.29. The highest BCUT2D eigenvalue weighted by Crippen LogP contribution is 2.11. The Hall–Kier alpha value is -1.84. The first-order chi connectivity index (χ1) is 10.6. The molecule has 1 unspecified atom stereocenters. The molecule has 0 aliphatic rings. The van der Waals surface area contributed by atoms with Crippen LogP contribution in [0.15, 0.2) is 30.3 Å². The van der Waals surface area contributed by atoms with E-state index in [9.17, 15) is 9.59 Å². The van der Waals surface area contributed by atoms with Gasteiger partial charge >= 0.3 is 11.8 Å². The first-order valence-electron chi connectivity index (χ1n) is 8.24. The van der Waals surface area contributed by atoms with Crippen molar-refractivity contribution in [2.45, 2.75) is 52.5 Å². The van der Waals surface area contributed by atoms with Crippen LogP contribution in [0.4, 0.5) is 0 Å². The molecule has 0 aromatic heterocycles. The van der Waals surface area contributed by atoms with Crippen molar-refractivity contribution in [1.82, 2.24) is 10.2 Å². The summed E-state index contributed by atoms with van der Waals surface area (Å²) in [6.45, 7) is 7.37. The van der Waals surface area contributed by atoms with Crippen LogP contribution >= 0.6 is 0 Å². The molecule has 1 aromatic carbocycles. The highest BCUT2D eigenvalue weighted by Gasteiger charge is 2.22. The van der Waals surface area contributed by atoms with Crippen LogP contribution in [0.5, 0.6) is 0 Å². The zero-order chi connectivity index (χ0) is 16.4. The number of benzene rings is 1. The van der Waals surface area contributed by atoms with Gasteiger partial charge in [0.1, 0.15) is 0 Å². The Labute approximate surface area is 133 Å². The number of rotatable bonds is 8. The molecule has 1 aromatic rings. The maximum absolute atomic E-state index is 12.3. The molecule has 2 amide bonds. The van der Waals surface area contributed by atoms with Crippen LogP contribution < -0.4 is 5.32 Å². The molecule has 0 saturated carbocycles. The largest absolute Gasteiger partial charge is 0.341 e. The molecule has 1 rings (SSSR count). The van der Waals surface area contributed by atoms with E-state index in [1.807, 2.05) is 37.3 Å². The summed E-state index contributed by atoms with van der Waals surface area (Å²) in [6.07, 6.45) is 3.88. The molecule has 22 heavy (non-hydrogen) atoms. The molecule has 0 saturated heterocycles. The monoisotopic (exact) mass is 304 g/mol. The molecule has 0 bridgehead atoms. The fraction of sp³-hybridized carbons (Fsp3) is 0.556. The van der Waals surface area contributed by atoms with Crippen molar-refractivity contribution in [3.8, 4) is 0 Å². The smallest absolute Gasteiger partial charge is 0.311 e. The maximum atomic E-state index is 12.3. The van der Waals surface area contributed by atoms with Crippen molar-refractivity contribution in [2.75, 3.05) is 13.1 Å². The number of carbonyl (C=O) groups excluding carboxylic acids is 2. The molecule has 0 aliphatic heterocycles. The van der Waals surface area contributed by atoms with Crippen LogP contribution in [0.1, 0.15) is 58.1 Å². The zero-order valence-corrected chi connectivity index (χ0v) is 14.0. The van der Waals surface area contributed by atoms with Gasteiger partial charge in [0.2, 0.25) is 0 Å². The average Bonchev–Trinajstić information content (AvgIpc) is 2.55. The Balaban J connectivity index is 2.62. The third kappa shape index (κ3) is 5.88. The van der Waals surface area contributed by atoms with Crippen molar-refractivity contribution >= 4 is 11.8 Å². The first-order valence-corrected chi connectivity index (χ1v) is 8.24. The van der Waals surface area contributed by atoms with Crippen LogP contribution in [0, 0.1) is 0 Å². The minimum atomic E-state index is -0.511. The van der Waals surface area contributed by atoms with Crippen LogP contribution in [0.25, 0.3) is 0 Å². The average molecular weight is 304 g/mol. The lowest BCUT2D eigenvalue weighted by atomic mass is 10.1. The van der Waals surface area contributed by atoms with Crippen molar-refractivity contribution in [2.24, 2.45) is 0 Å². The van der Waals surface area contributed by atoms with Gasteiger partial charge in [0.15, 0.2) is 0 Å². The van der Waals surface area contributed by atoms with Gasteiger partial charge in [-0.1, -0.05) is 57.0 Å². The second-order valence-electron chi connectivity index (χ2n) is 5.61. The molecule has 0 heterocycles. The van der Waals surface area contributed by atoms with Crippen LogP contribution in [0.3, 0.4) is 0 Å². The van der Waals surface area contributed by atoms with Crippen LogP contribution in [-0.2, 0) is 9.59 Å². The number of amides is 2. The van der Waals surface area contributed by atoms with E-state index in [1.165, 1.54) is 0 Å². The van der Waals surface area contributed by atoms with E-state index in [0.717, 1.165) is 31.2 Å². The SMILES string of the molecule is CCCCN(CCCC)C(=O)C(=O)NC(C)c1ccccc1. The number of hydrogen-bond acceptors (Lipinski definition) is 2. The Morgan fingerprint density at radius 1 is 1.05 bits per heavy atom. The quantitative estimate of drug-likeness (QED) is 0.749. The number of nitrogens with one attached hydrogen (secondary N) is 1. The molecule has 0 radical (unpaired) electrons. The van der Waals surface area contributed by atoms with Crippen LogP contribution in [-0.4, -0.2) is 29.8 Å². The number of nitrogens with zero attached hydrogens (tertiary/aromatic N) is 1. The summed E-state index contributed by atoms with van der Waals surface area (Å²) < 4.78 is 0. The lowest BCUT2D eigenvalue weighted by Crippen LogP contribution is -2.44. The highest BCUT2D eigenvalue weighted by atomic mass is 16.2. The van der Waals surface area contributed by atoms with E-state index in [4.69, 9.17) is 0 Å². The summed E-state index contributed by atoms with van der Waals surface area (Å²) in [4.78, 5) is 26.2. The molecular weight excluding hydrogens is 276 g/mol. The lowest BCUT2D eigenvalue weighted by molar-refractivity contribution is -0.146.